The molecule has 0 rings (SSSR count). The van der Waals surface area contributed by atoms with Crippen LogP contribution in [0, 0.1) is 0 Å². The van der Waals surface area contributed by atoms with Crippen molar-refractivity contribution in [3.63, 3.8) is 0 Å². The van der Waals surface area contributed by atoms with E-state index >= 15 is 0 Å². The van der Waals surface area contributed by atoms with Crippen molar-refractivity contribution in [2.45, 2.75) is 110 Å². The Labute approximate surface area is 190 Å². The molecule has 0 aromatic carbocycles. The summed E-state index contributed by atoms with van der Waals surface area (Å²) in [5, 5.41) is 0. The second kappa shape index (κ2) is 21.1. The summed E-state index contributed by atoms with van der Waals surface area (Å²) in [7, 11) is 26.9. The van der Waals surface area contributed by atoms with E-state index in [1.807, 2.05) is 0 Å². The van der Waals surface area contributed by atoms with Crippen LogP contribution in [-0.2, 0) is 0 Å². The normalized spacial score (nSPS) is 12.6. The van der Waals surface area contributed by atoms with Crippen molar-refractivity contribution in [1.82, 2.24) is 0 Å². The Morgan fingerprint density at radius 2 is 0.704 bits per heavy atom. The summed E-state index contributed by atoms with van der Waals surface area (Å²) in [5.74, 6) is 0. The van der Waals surface area contributed by atoms with E-state index in [9.17, 15) is 0 Å². The zero-order valence-corrected chi connectivity index (χ0v) is 23.5. The summed E-state index contributed by atoms with van der Waals surface area (Å²) in [4.78, 5) is 0. The molecule has 0 aromatic heterocycles. The van der Waals surface area contributed by atoms with Crippen LogP contribution in [0.4, 0.5) is 0 Å². The van der Waals surface area contributed by atoms with E-state index in [0.29, 0.717) is 0 Å². The molecule has 1 nitrogen and oxygen atoms in total. The zero-order chi connectivity index (χ0) is 21.0. The third-order valence-electron chi connectivity index (χ3n) is 4.68. The van der Waals surface area contributed by atoms with Crippen LogP contribution in [0.1, 0.15) is 110 Å². The summed E-state index contributed by atoms with van der Waals surface area (Å²) in [6.45, 7) is 3.63. The van der Waals surface area contributed by atoms with Gasteiger partial charge >= 0.3 is 49.6 Å². The van der Waals surface area contributed by atoms with Crippen LogP contribution < -0.4 is 13.9 Å². The molecule has 0 spiro atoms. The predicted molar refractivity (Wildman–Crippen MR) is 126 cm³/mol. The Morgan fingerprint density at radius 3 is 0.926 bits per heavy atom. The van der Waals surface area contributed by atoms with Crippen molar-refractivity contribution in [3.05, 3.63) is 0 Å². The first kappa shape index (κ1) is 31.0. The van der Waals surface area contributed by atoms with Crippen LogP contribution in [-0.4, -0.2) is 32.2 Å². The number of quaternary nitrogens is 1. The molecule has 0 aliphatic carbocycles. The van der Waals surface area contributed by atoms with Crippen molar-refractivity contribution >= 4 is 35.6 Å². The van der Waals surface area contributed by atoms with E-state index in [0.717, 1.165) is 4.48 Å². The van der Waals surface area contributed by atoms with Gasteiger partial charge in [-0.2, -0.15) is 0 Å². The van der Waals surface area contributed by atoms with Crippen LogP contribution in [0.2, 0.25) is 0 Å². The van der Waals surface area contributed by atoms with Crippen LogP contribution in [0.25, 0.3) is 0 Å². The number of hydrogen-bond donors (Lipinski definition) is 0. The standard InChI is InChI=1S/C21H46N.Cl4I/c1-5-6-7-8-9-10-11-12-13-14-15-16-17-18-19-20-21-22(2,3)4;1-5(2,3)4/h5-21H2,1-4H3;/q+1;-1. The SMILES string of the molecule is CCCCCCCCCCCCCCCCCC[N+](C)(C)C.Cl[I-](Cl)(Cl)Cl. The van der Waals surface area contributed by atoms with Gasteiger partial charge in [0.15, 0.2) is 0 Å². The summed E-state index contributed by atoms with van der Waals surface area (Å²) in [5.41, 5.74) is 0. The van der Waals surface area contributed by atoms with Gasteiger partial charge in [0.2, 0.25) is 0 Å². The van der Waals surface area contributed by atoms with Gasteiger partial charge in [-0.1, -0.05) is 96.8 Å². The molecule has 0 fully saturated rings. The van der Waals surface area contributed by atoms with Crippen LogP contribution >= 0.6 is 35.6 Å². The third-order valence-corrected chi connectivity index (χ3v) is 4.68. The minimum absolute atomic E-state index is 1.12. The van der Waals surface area contributed by atoms with Crippen LogP contribution in [0.15, 0.2) is 0 Å². The van der Waals surface area contributed by atoms with Gasteiger partial charge in [0, 0.05) is 0 Å². The van der Waals surface area contributed by atoms with Crippen molar-refractivity contribution in [2.24, 2.45) is 0 Å². The van der Waals surface area contributed by atoms with Crippen LogP contribution in [0.3, 0.4) is 0 Å². The van der Waals surface area contributed by atoms with Gasteiger partial charge in [-0.15, -0.1) is 0 Å². The molecular weight excluding hydrogens is 535 g/mol. The fourth-order valence-corrected chi connectivity index (χ4v) is 3.13. The molecule has 0 aromatic rings. The fraction of sp³-hybridized carbons (Fsp3) is 1.00. The van der Waals surface area contributed by atoms with Gasteiger partial charge in [-0.25, -0.2) is 0 Å². The second-order valence-corrected chi connectivity index (χ2v) is 27.9. The summed E-state index contributed by atoms with van der Waals surface area (Å²) < 4.78 is 1.12. The second-order valence-electron chi connectivity index (χ2n) is 8.64. The van der Waals surface area contributed by atoms with E-state index in [1.54, 1.807) is 0 Å². The minimum atomic E-state index is -3.05. The van der Waals surface area contributed by atoms with Gasteiger partial charge in [0.05, 0.1) is 27.7 Å². The predicted octanol–water partition coefficient (Wildman–Crippen LogP) is 6.72. The molecule has 6 heteroatoms. The molecule has 27 heavy (non-hydrogen) atoms. The first-order valence-corrected chi connectivity index (χ1v) is 21.9. The molecule has 0 heterocycles. The van der Waals surface area contributed by atoms with Gasteiger partial charge in [0.25, 0.3) is 0 Å². The Morgan fingerprint density at radius 1 is 0.481 bits per heavy atom. The molecule has 0 atom stereocenters. The number of nitrogens with zero attached hydrogens (tertiary/aromatic N) is 1. The summed E-state index contributed by atoms with van der Waals surface area (Å²) >= 11 is -3.05. The fourth-order valence-electron chi connectivity index (χ4n) is 3.13. The maximum absolute atomic E-state index is 5.01. The Bertz CT molecular complexity index is 285. The molecule has 0 radical (unpaired) electrons. The molecule has 0 aliphatic heterocycles. The molecule has 0 saturated carbocycles. The summed E-state index contributed by atoms with van der Waals surface area (Å²) in [6, 6.07) is 0. The van der Waals surface area contributed by atoms with E-state index < -0.39 is 13.9 Å². The van der Waals surface area contributed by atoms with Crippen LogP contribution in [0.5, 0.6) is 0 Å². The molecule has 0 bridgehead atoms. The first-order valence-electron chi connectivity index (χ1n) is 10.9. The van der Waals surface area contributed by atoms with Crippen molar-refractivity contribution < 1.29 is 18.4 Å². The van der Waals surface area contributed by atoms with Gasteiger partial charge < -0.3 is 4.48 Å². The van der Waals surface area contributed by atoms with E-state index in [1.165, 1.54) is 109 Å². The molecular formula is C21H46Cl4IN. The molecule has 0 saturated heterocycles. The average Bonchev–Trinajstić information content (AvgIpc) is 2.52. The number of rotatable bonds is 17. The molecule has 0 N–H and O–H groups in total. The zero-order valence-electron chi connectivity index (χ0n) is 18.4. The van der Waals surface area contributed by atoms with Gasteiger partial charge in [0.1, 0.15) is 0 Å². The van der Waals surface area contributed by atoms with E-state index in [-0.39, 0.29) is 0 Å². The third kappa shape index (κ3) is 42.8. The first-order chi connectivity index (χ1) is 12.6. The molecule has 170 valence electrons. The number of unbranched alkanes of at least 4 members (excludes halogenated alkanes) is 15. The molecule has 0 aliphatic rings. The molecule has 0 unspecified atom stereocenters. The topological polar surface area (TPSA) is 0 Å². The number of halogens is 5. The average molecular weight is 581 g/mol. The number of hydrogen-bond acceptors (Lipinski definition) is 0. The van der Waals surface area contributed by atoms with E-state index in [4.69, 9.17) is 35.6 Å². The molecule has 0 amide bonds. The van der Waals surface area contributed by atoms with Crippen molar-refractivity contribution in [2.75, 3.05) is 27.7 Å². The Balaban J connectivity index is 0. The summed E-state index contributed by atoms with van der Waals surface area (Å²) in [6.07, 6.45) is 23.4. The van der Waals surface area contributed by atoms with E-state index in [2.05, 4.69) is 28.1 Å². The Kier molecular flexibility index (Phi) is 24.3. The van der Waals surface area contributed by atoms with Gasteiger partial charge in [-0.3, -0.25) is 0 Å². The monoisotopic (exact) mass is 579 g/mol. The van der Waals surface area contributed by atoms with Crippen molar-refractivity contribution in [3.8, 4) is 0 Å². The maximum atomic E-state index is 5.01. The quantitative estimate of drug-likeness (QED) is 0.102. The van der Waals surface area contributed by atoms with Gasteiger partial charge in [-0.05, 0) is 12.8 Å². The Hall–Kier alpha value is 1.85. The van der Waals surface area contributed by atoms with Crippen molar-refractivity contribution in [1.29, 1.82) is 0 Å².